The predicted octanol–water partition coefficient (Wildman–Crippen LogP) is -8.81. The molecule has 0 aromatic heterocycles. The van der Waals surface area contributed by atoms with Crippen LogP contribution in [0.2, 0.25) is 0 Å². The van der Waals surface area contributed by atoms with Crippen molar-refractivity contribution in [3.8, 4) is 0 Å². The molecular formula is C88H149N25O31. The standard InChI is InChI=1S/C88H149N25O31/c1-18-43(13)69(82(138)97-37-61(118)110-70(44(14)19-2)86(142)108-55(33-64(123)124)80(136)104-50(24-28-62(119)120)75(131)95-35-59(116)101-53(87(143)144)23-27-58(91)115)113-85(141)68(42(11)12)111-73(129)47(17)100-83(139)66(40(7)8)109-60(117)36-96-76(132)54(32-39(5)6)106-72(128)45(15)98-77(133)52(25-29-63(121)122)105-79(135)51(22-26-57(90)114)102-71(127)46(16)99-84(140)67(41(9)10)112-81(137)56(34-65(125)126)107-78(134)49(21-20-30-94-88(92)93)103-74(130)48(89)31-38(3)4/h38-56,66-70H,18-37,89H2,1-17H3,(H2,90,114)(H2,91,115)(H,95,131)(H,96,132)(H,97,138)(H,98,133)(H,99,140)(H,100,139)(H,101,116)(H,102,127)(H,103,130)(H,104,136)(H,105,135)(H,106,128)(H,107,134)(H,108,142)(H,109,117)(H,110,118)(H,111,129)(H,112,137)(H,113,141)(H,119,120)(H,121,122)(H,123,124)(H,125,126)(H,143,144)(H4,92,93,94)/t43-,44-,45-,46-,47-,48-,49-,50-,51-,52-,53-,54-,55-,56-,66-,67-,68-,69-,70-/m0/s1. The Bertz CT molecular complexity index is 4510. The van der Waals surface area contributed by atoms with Gasteiger partial charge in [0.2, 0.25) is 124 Å². The lowest BCUT2D eigenvalue weighted by atomic mass is 9.96. The smallest absolute Gasteiger partial charge is 0.326 e. The molecule has 56 nitrogen and oxygen atoms in total. The van der Waals surface area contributed by atoms with E-state index in [0.29, 0.717) is 0 Å². The maximum Gasteiger partial charge on any atom is 0.326 e. The molecule has 0 unspecified atom stereocenters. The minimum absolute atomic E-state index is 0.0348. The lowest BCUT2D eigenvalue weighted by molar-refractivity contribution is -0.142. The van der Waals surface area contributed by atoms with Gasteiger partial charge in [-0.15, -0.1) is 0 Å². The van der Waals surface area contributed by atoms with E-state index in [1.807, 2.05) is 0 Å². The second-order valence-electron chi connectivity index (χ2n) is 36.7. The molecule has 19 atom stereocenters. The van der Waals surface area contributed by atoms with Crippen molar-refractivity contribution in [1.82, 2.24) is 106 Å². The van der Waals surface area contributed by atoms with Gasteiger partial charge in [0.1, 0.15) is 96.7 Å². The number of carbonyl (C=O) groups is 26. The number of guanidine groups is 1. The molecule has 0 heterocycles. The average molecular weight is 2050 g/mol. The molecule has 0 saturated carbocycles. The molecule has 0 saturated heterocycles. The normalized spacial score (nSPS) is 15.1. The number of carboxylic acids is 5. The Balaban J connectivity index is 6.46. The monoisotopic (exact) mass is 2050 g/mol. The van der Waals surface area contributed by atoms with E-state index >= 15 is 0 Å². The molecule has 56 heteroatoms. The SMILES string of the molecule is CC[C@H](C)[C@H](NC(=O)CNC(=O)[C@@H](NC(=O)[C@@H](NC(=O)[C@H](C)NC(=O)[C@@H](NC(=O)CNC(=O)[C@H](CC(C)C)NC(=O)[C@H](C)NC(=O)[C@H](CCC(=O)O)NC(=O)[C@H](CCC(N)=O)NC(=O)[C@H](C)NC(=O)[C@@H](NC(=O)[C@H](CC(=O)O)NC(=O)[C@H](CCCNC(=N)N)NC(=O)[C@@H](N)CC(C)C)C(C)C)C(C)C)C(C)C)[C@@H](C)CC)C(=O)N[C@@H](CC(=O)O)C(=O)N[C@@H](CCC(=O)O)C(=O)NCC(=O)N[C@@H](CCC(N)=O)C(=O)O. The Labute approximate surface area is 832 Å². The molecule has 0 bridgehead atoms. The van der Waals surface area contributed by atoms with Crippen molar-refractivity contribution in [3.63, 3.8) is 0 Å². The van der Waals surface area contributed by atoms with E-state index in [-0.39, 0.29) is 56.9 Å². The average Bonchev–Trinajstić information content (AvgIpc) is 0.757. The van der Waals surface area contributed by atoms with E-state index in [1.54, 1.807) is 48.5 Å². The van der Waals surface area contributed by atoms with E-state index in [1.165, 1.54) is 55.4 Å². The van der Waals surface area contributed by atoms with E-state index in [9.17, 15) is 150 Å². The summed E-state index contributed by atoms with van der Waals surface area (Å²) in [4.78, 5) is 344. The summed E-state index contributed by atoms with van der Waals surface area (Å²) in [6, 6.07) is -26.9. The van der Waals surface area contributed by atoms with Gasteiger partial charge in [-0.1, -0.05) is 110 Å². The van der Waals surface area contributed by atoms with Crippen LogP contribution in [0, 0.1) is 46.8 Å². The maximum atomic E-state index is 14.2. The number of aliphatic carboxylic acids is 5. The number of primary amides is 2. The summed E-state index contributed by atoms with van der Waals surface area (Å²) >= 11 is 0. The fourth-order valence-corrected chi connectivity index (χ4v) is 13.5. The van der Waals surface area contributed by atoms with E-state index in [0.717, 1.165) is 13.8 Å². The molecule has 0 aromatic carbocycles. The van der Waals surface area contributed by atoms with Crippen molar-refractivity contribution >= 4 is 160 Å². The van der Waals surface area contributed by atoms with Gasteiger partial charge in [0.05, 0.1) is 38.5 Å². The zero-order valence-corrected chi connectivity index (χ0v) is 84.2. The summed E-state index contributed by atoms with van der Waals surface area (Å²) in [7, 11) is 0. The third-order valence-electron chi connectivity index (χ3n) is 22.1. The first kappa shape index (κ1) is 129. The molecule has 812 valence electrons. The first-order chi connectivity index (χ1) is 66.9. The first-order valence-corrected chi connectivity index (χ1v) is 47.0. The Morgan fingerprint density at radius 2 is 0.556 bits per heavy atom. The van der Waals surface area contributed by atoms with Gasteiger partial charge in [0.15, 0.2) is 5.96 Å². The van der Waals surface area contributed by atoms with Crippen molar-refractivity contribution in [2.45, 2.75) is 323 Å². The van der Waals surface area contributed by atoms with Gasteiger partial charge < -0.3 is 155 Å². The van der Waals surface area contributed by atoms with Gasteiger partial charge in [0.25, 0.3) is 0 Å². The molecule has 0 spiro atoms. The zero-order chi connectivity index (χ0) is 111. The third kappa shape index (κ3) is 51.2. The Morgan fingerprint density at radius 1 is 0.271 bits per heavy atom. The van der Waals surface area contributed by atoms with Gasteiger partial charge in [-0.05, 0) is 114 Å². The molecule has 0 aliphatic carbocycles. The summed E-state index contributed by atoms with van der Waals surface area (Å²) in [5.74, 6) is -34.1. The highest BCUT2D eigenvalue weighted by Gasteiger charge is 2.41. The van der Waals surface area contributed by atoms with Crippen LogP contribution in [-0.4, -0.2) is 314 Å². The quantitative estimate of drug-likeness (QED) is 0.0153. The molecule has 34 N–H and O–H groups in total. The van der Waals surface area contributed by atoms with Gasteiger partial charge in [-0.25, -0.2) is 4.79 Å². The summed E-state index contributed by atoms with van der Waals surface area (Å²) < 4.78 is 0. The minimum atomic E-state index is -2.02. The number of rotatable bonds is 70. The van der Waals surface area contributed by atoms with Crippen molar-refractivity contribution in [2.75, 3.05) is 26.2 Å². The number of carbonyl (C=O) groups excluding carboxylic acids is 21. The van der Waals surface area contributed by atoms with E-state index in [4.69, 9.17) is 28.3 Å². The molecule has 0 radical (unpaired) electrons. The zero-order valence-electron chi connectivity index (χ0n) is 84.2. The van der Waals surface area contributed by atoms with Gasteiger partial charge >= 0.3 is 29.8 Å². The largest absolute Gasteiger partial charge is 0.481 e. The van der Waals surface area contributed by atoms with Crippen LogP contribution in [0.5, 0.6) is 0 Å². The molecule has 0 rings (SSSR count). The minimum Gasteiger partial charge on any atom is -0.481 e. The van der Waals surface area contributed by atoms with Crippen molar-refractivity contribution in [3.05, 3.63) is 0 Å². The Morgan fingerprint density at radius 3 is 0.951 bits per heavy atom. The Hall–Kier alpha value is -14.5. The molecule has 144 heavy (non-hydrogen) atoms. The number of hydrogen-bond acceptors (Lipinski definition) is 28. The van der Waals surface area contributed by atoms with Crippen LogP contribution in [-0.2, 0) is 125 Å². The first-order valence-electron chi connectivity index (χ1n) is 47.0. The molecule has 0 aromatic rings. The topological polar surface area (TPSA) is 914 Å². The van der Waals surface area contributed by atoms with Crippen LogP contribution in [0.3, 0.4) is 0 Å². The van der Waals surface area contributed by atoms with Crippen LogP contribution in [0.1, 0.15) is 220 Å². The molecule has 0 aliphatic heterocycles. The maximum absolute atomic E-state index is 14.2. The number of hydrogen-bond donors (Lipinski definition) is 30. The van der Waals surface area contributed by atoms with Crippen molar-refractivity contribution < 1.29 is 150 Å². The molecule has 21 amide bonds. The van der Waals surface area contributed by atoms with Gasteiger partial charge in [-0.2, -0.15) is 0 Å². The van der Waals surface area contributed by atoms with Crippen molar-refractivity contribution in [2.24, 2.45) is 64.4 Å². The van der Waals surface area contributed by atoms with Crippen LogP contribution in [0.4, 0.5) is 0 Å². The summed E-state index contributed by atoms with van der Waals surface area (Å²) in [6.45, 7) is 23.3. The van der Waals surface area contributed by atoms with Crippen LogP contribution in [0.25, 0.3) is 0 Å². The van der Waals surface area contributed by atoms with Gasteiger partial charge in [0, 0.05) is 32.2 Å². The second kappa shape index (κ2) is 65.5. The summed E-state index contributed by atoms with van der Waals surface area (Å²) in [5, 5.41) is 103. The second-order valence-corrected chi connectivity index (χ2v) is 36.7. The highest BCUT2D eigenvalue weighted by atomic mass is 16.4. The summed E-state index contributed by atoms with van der Waals surface area (Å²) in [5.41, 5.74) is 21.9. The lowest BCUT2D eigenvalue weighted by Crippen LogP contribution is -2.61. The fraction of sp³-hybridized carbons (Fsp3) is 0.693. The fourth-order valence-electron chi connectivity index (χ4n) is 13.5. The van der Waals surface area contributed by atoms with Crippen LogP contribution < -0.4 is 129 Å². The highest BCUT2D eigenvalue weighted by Crippen LogP contribution is 2.17. The number of nitrogens with two attached hydrogens (primary N) is 4. The molecule has 0 fully saturated rings. The molecular weight excluding hydrogens is 1900 g/mol. The predicted molar refractivity (Wildman–Crippen MR) is 509 cm³/mol. The molecule has 0 aliphatic rings. The highest BCUT2D eigenvalue weighted by molar-refractivity contribution is 6.03. The summed E-state index contributed by atoms with van der Waals surface area (Å²) in [6.07, 6.45) is -6.58. The number of carboxylic acid groups (broad SMARTS) is 5. The van der Waals surface area contributed by atoms with Gasteiger partial charge in [-0.3, -0.25) is 125 Å². The Kier molecular flexibility index (Phi) is 58.9. The van der Waals surface area contributed by atoms with E-state index < -0.39 is 376 Å². The number of amides is 21. The number of nitrogens with one attached hydrogen (secondary N) is 21. The van der Waals surface area contributed by atoms with E-state index in [2.05, 4.69) is 106 Å². The van der Waals surface area contributed by atoms with Crippen LogP contribution >= 0.6 is 0 Å². The van der Waals surface area contributed by atoms with Crippen molar-refractivity contribution in [1.29, 1.82) is 5.41 Å². The third-order valence-corrected chi connectivity index (χ3v) is 22.1. The lowest BCUT2D eigenvalue weighted by Gasteiger charge is -2.29. The van der Waals surface area contributed by atoms with Crippen LogP contribution in [0.15, 0.2) is 0 Å².